The highest BCUT2D eigenvalue weighted by molar-refractivity contribution is 14.1. The number of alkyl halides is 1. The second kappa shape index (κ2) is 7.23. The maximum Gasteiger partial charge on any atom is 0.0992 e. The van der Waals surface area contributed by atoms with Crippen LogP contribution in [0.25, 0.3) is 0 Å². The molecule has 0 aromatic heterocycles. The van der Waals surface area contributed by atoms with Crippen molar-refractivity contribution in [3.05, 3.63) is 35.4 Å². The van der Waals surface area contributed by atoms with Gasteiger partial charge in [0.15, 0.2) is 0 Å². The largest absolute Gasteiger partial charge is 0.381 e. The molecule has 2 rings (SSSR count). The smallest absolute Gasteiger partial charge is 0.0992 e. The van der Waals surface area contributed by atoms with Crippen LogP contribution in [0, 0.1) is 5.92 Å². The monoisotopic (exact) mass is 388 g/mol. The van der Waals surface area contributed by atoms with Crippen molar-refractivity contribution in [2.45, 2.75) is 38.7 Å². The van der Waals surface area contributed by atoms with E-state index in [-0.39, 0.29) is 5.60 Å². The summed E-state index contributed by atoms with van der Waals surface area (Å²) in [5, 5.41) is 0. The van der Waals surface area contributed by atoms with Gasteiger partial charge in [-0.2, -0.15) is 0 Å². The molecule has 112 valence electrons. The maximum atomic E-state index is 6.26. The van der Waals surface area contributed by atoms with Gasteiger partial charge in [-0.05, 0) is 30.4 Å². The molecule has 0 N–H and O–H groups in total. The van der Waals surface area contributed by atoms with Gasteiger partial charge in [-0.3, -0.25) is 0 Å². The molecular formula is C17H25IO2. The topological polar surface area (TPSA) is 18.5 Å². The molecule has 0 bridgehead atoms. The van der Waals surface area contributed by atoms with Crippen LogP contribution in [0.5, 0.6) is 0 Å². The standard InChI is InChI=1S/C17H25IO2/c1-13(2)15-4-6-16(7-5-15)17(3,12-18)20-11-14-8-9-19-10-14/h4-7,13-14H,8-12H2,1-3H3. The van der Waals surface area contributed by atoms with E-state index in [4.69, 9.17) is 9.47 Å². The van der Waals surface area contributed by atoms with Crippen LogP contribution in [-0.4, -0.2) is 24.2 Å². The lowest BCUT2D eigenvalue weighted by molar-refractivity contribution is -0.0348. The van der Waals surface area contributed by atoms with E-state index in [1.165, 1.54) is 11.1 Å². The molecule has 1 aliphatic rings. The summed E-state index contributed by atoms with van der Waals surface area (Å²) in [6, 6.07) is 8.90. The fraction of sp³-hybridized carbons (Fsp3) is 0.647. The van der Waals surface area contributed by atoms with Gasteiger partial charge in [0.2, 0.25) is 0 Å². The fourth-order valence-corrected chi connectivity index (χ4v) is 3.10. The van der Waals surface area contributed by atoms with Gasteiger partial charge in [-0.15, -0.1) is 0 Å². The average Bonchev–Trinajstić information content (AvgIpc) is 2.98. The van der Waals surface area contributed by atoms with Crippen LogP contribution in [-0.2, 0) is 15.1 Å². The zero-order valence-electron chi connectivity index (χ0n) is 12.7. The number of hydrogen-bond donors (Lipinski definition) is 0. The third kappa shape index (κ3) is 3.95. The highest BCUT2D eigenvalue weighted by Crippen LogP contribution is 2.30. The second-order valence-corrected chi connectivity index (χ2v) is 6.94. The Hall–Kier alpha value is -0.130. The summed E-state index contributed by atoms with van der Waals surface area (Å²) in [5.41, 5.74) is 2.46. The van der Waals surface area contributed by atoms with Crippen LogP contribution in [0.3, 0.4) is 0 Å². The van der Waals surface area contributed by atoms with Crippen molar-refractivity contribution in [1.29, 1.82) is 0 Å². The summed E-state index contributed by atoms with van der Waals surface area (Å²) < 4.78 is 12.6. The molecule has 0 aliphatic carbocycles. The van der Waals surface area contributed by atoms with E-state index in [1.54, 1.807) is 0 Å². The molecule has 3 heteroatoms. The van der Waals surface area contributed by atoms with Gasteiger partial charge < -0.3 is 9.47 Å². The zero-order valence-corrected chi connectivity index (χ0v) is 14.9. The lowest BCUT2D eigenvalue weighted by atomic mass is 9.94. The van der Waals surface area contributed by atoms with E-state index in [2.05, 4.69) is 67.6 Å². The number of ether oxygens (including phenoxy) is 2. The first kappa shape index (κ1) is 16.2. The Morgan fingerprint density at radius 3 is 2.55 bits per heavy atom. The van der Waals surface area contributed by atoms with Crippen LogP contribution in [0.2, 0.25) is 0 Å². The summed E-state index contributed by atoms with van der Waals surface area (Å²) in [4.78, 5) is 0. The van der Waals surface area contributed by atoms with Crippen LogP contribution < -0.4 is 0 Å². The lowest BCUT2D eigenvalue weighted by Crippen LogP contribution is -2.30. The molecule has 1 aromatic carbocycles. The van der Waals surface area contributed by atoms with Gasteiger partial charge in [-0.1, -0.05) is 60.7 Å². The van der Waals surface area contributed by atoms with Crippen LogP contribution in [0.4, 0.5) is 0 Å². The van der Waals surface area contributed by atoms with Crippen molar-refractivity contribution < 1.29 is 9.47 Å². The highest BCUT2D eigenvalue weighted by Gasteiger charge is 2.28. The van der Waals surface area contributed by atoms with E-state index >= 15 is 0 Å². The Kier molecular flexibility index (Phi) is 5.87. The van der Waals surface area contributed by atoms with Crippen LogP contribution >= 0.6 is 22.6 Å². The molecule has 2 atom stereocenters. The molecule has 1 aliphatic heterocycles. The third-order valence-electron chi connectivity index (χ3n) is 4.10. The molecule has 20 heavy (non-hydrogen) atoms. The molecule has 1 saturated heterocycles. The minimum Gasteiger partial charge on any atom is -0.381 e. The van der Waals surface area contributed by atoms with Crippen molar-refractivity contribution in [2.75, 3.05) is 24.2 Å². The van der Waals surface area contributed by atoms with Crippen LogP contribution in [0.1, 0.15) is 44.2 Å². The number of halogens is 1. The molecule has 1 fully saturated rings. The Morgan fingerprint density at radius 2 is 2.05 bits per heavy atom. The van der Waals surface area contributed by atoms with Gasteiger partial charge in [0.25, 0.3) is 0 Å². The summed E-state index contributed by atoms with van der Waals surface area (Å²) in [6.07, 6.45) is 1.13. The molecule has 1 aromatic rings. The Labute approximate surface area is 136 Å². The van der Waals surface area contributed by atoms with E-state index in [0.29, 0.717) is 11.8 Å². The predicted octanol–water partition coefficient (Wildman–Crippen LogP) is 4.51. The fourth-order valence-electron chi connectivity index (χ4n) is 2.44. The molecule has 0 amide bonds. The Morgan fingerprint density at radius 1 is 1.35 bits per heavy atom. The third-order valence-corrected chi connectivity index (χ3v) is 5.56. The average molecular weight is 388 g/mol. The maximum absolute atomic E-state index is 6.26. The first-order chi connectivity index (χ1) is 9.55. The molecule has 0 spiro atoms. The minimum atomic E-state index is -0.196. The molecule has 2 unspecified atom stereocenters. The van der Waals surface area contributed by atoms with Crippen molar-refractivity contribution in [2.24, 2.45) is 5.92 Å². The van der Waals surface area contributed by atoms with Gasteiger partial charge in [-0.25, -0.2) is 0 Å². The summed E-state index contributed by atoms with van der Waals surface area (Å²) >= 11 is 2.42. The van der Waals surface area contributed by atoms with E-state index in [0.717, 1.165) is 30.7 Å². The Bertz CT molecular complexity index is 410. The minimum absolute atomic E-state index is 0.196. The van der Waals surface area contributed by atoms with Crippen molar-refractivity contribution in [3.63, 3.8) is 0 Å². The van der Waals surface area contributed by atoms with Gasteiger partial charge in [0.05, 0.1) is 18.8 Å². The lowest BCUT2D eigenvalue weighted by Gasteiger charge is -2.30. The van der Waals surface area contributed by atoms with E-state index in [1.807, 2.05) is 0 Å². The molecule has 0 saturated carbocycles. The molecule has 0 radical (unpaired) electrons. The first-order valence-electron chi connectivity index (χ1n) is 7.43. The summed E-state index contributed by atoms with van der Waals surface area (Å²) in [7, 11) is 0. The predicted molar refractivity (Wildman–Crippen MR) is 91.6 cm³/mol. The molecular weight excluding hydrogens is 363 g/mol. The molecule has 2 nitrogen and oxygen atoms in total. The van der Waals surface area contributed by atoms with Gasteiger partial charge >= 0.3 is 0 Å². The van der Waals surface area contributed by atoms with Gasteiger partial charge in [0.1, 0.15) is 0 Å². The normalized spacial score (nSPS) is 22.1. The van der Waals surface area contributed by atoms with Crippen molar-refractivity contribution in [3.8, 4) is 0 Å². The van der Waals surface area contributed by atoms with Crippen molar-refractivity contribution >= 4 is 22.6 Å². The number of benzene rings is 1. The SMILES string of the molecule is CC(C)c1ccc(C(C)(CI)OCC2CCOC2)cc1. The van der Waals surface area contributed by atoms with Crippen molar-refractivity contribution in [1.82, 2.24) is 0 Å². The van der Waals surface area contributed by atoms with E-state index < -0.39 is 0 Å². The highest BCUT2D eigenvalue weighted by atomic mass is 127. The number of hydrogen-bond acceptors (Lipinski definition) is 2. The molecule has 1 heterocycles. The summed E-state index contributed by atoms with van der Waals surface area (Å²) in [6.45, 7) is 9.18. The van der Waals surface area contributed by atoms with Gasteiger partial charge in [0, 0.05) is 17.0 Å². The number of rotatable bonds is 6. The zero-order chi connectivity index (χ0) is 14.6. The van der Waals surface area contributed by atoms with E-state index in [9.17, 15) is 0 Å². The quantitative estimate of drug-likeness (QED) is 0.527. The second-order valence-electron chi connectivity index (χ2n) is 6.18. The summed E-state index contributed by atoms with van der Waals surface area (Å²) in [5.74, 6) is 1.14. The van der Waals surface area contributed by atoms with Crippen LogP contribution in [0.15, 0.2) is 24.3 Å². The Balaban J connectivity index is 2.04. The first-order valence-corrected chi connectivity index (χ1v) is 8.96.